The SMILES string of the molecule is C=CC(C)Nc1ccc(N)cc1F. The number of benzene rings is 1. The zero-order chi connectivity index (χ0) is 9.84. The van der Waals surface area contributed by atoms with Crippen LogP contribution in [0.5, 0.6) is 0 Å². The van der Waals surface area contributed by atoms with Crippen LogP contribution in [-0.4, -0.2) is 6.04 Å². The van der Waals surface area contributed by atoms with Gasteiger partial charge in [-0.3, -0.25) is 0 Å². The van der Waals surface area contributed by atoms with Crippen LogP contribution in [0, 0.1) is 5.82 Å². The number of nitrogens with one attached hydrogen (secondary N) is 1. The highest BCUT2D eigenvalue weighted by molar-refractivity contribution is 5.53. The predicted octanol–water partition coefficient (Wildman–Crippen LogP) is 2.39. The first kappa shape index (κ1) is 9.58. The van der Waals surface area contributed by atoms with E-state index >= 15 is 0 Å². The topological polar surface area (TPSA) is 38.0 Å². The van der Waals surface area contributed by atoms with E-state index in [9.17, 15) is 4.39 Å². The smallest absolute Gasteiger partial charge is 0.148 e. The van der Waals surface area contributed by atoms with E-state index in [1.807, 2.05) is 6.92 Å². The van der Waals surface area contributed by atoms with Crippen LogP contribution in [0.15, 0.2) is 30.9 Å². The standard InChI is InChI=1S/C10H13FN2/c1-3-7(2)13-10-5-4-8(12)6-9(10)11/h3-7,13H,1,12H2,2H3. The first-order valence-electron chi connectivity index (χ1n) is 4.07. The second kappa shape index (κ2) is 3.94. The molecule has 3 heteroatoms. The highest BCUT2D eigenvalue weighted by atomic mass is 19.1. The first-order valence-corrected chi connectivity index (χ1v) is 4.07. The van der Waals surface area contributed by atoms with Gasteiger partial charge < -0.3 is 11.1 Å². The number of hydrogen-bond donors (Lipinski definition) is 2. The summed E-state index contributed by atoms with van der Waals surface area (Å²) >= 11 is 0. The van der Waals surface area contributed by atoms with E-state index in [0.717, 1.165) is 0 Å². The molecule has 1 atom stereocenters. The summed E-state index contributed by atoms with van der Waals surface area (Å²) < 4.78 is 13.2. The van der Waals surface area contributed by atoms with Crippen molar-refractivity contribution in [2.75, 3.05) is 11.1 Å². The Balaban J connectivity index is 2.83. The van der Waals surface area contributed by atoms with Gasteiger partial charge in [0, 0.05) is 11.7 Å². The van der Waals surface area contributed by atoms with Crippen LogP contribution in [-0.2, 0) is 0 Å². The highest BCUT2D eigenvalue weighted by Crippen LogP contribution is 2.17. The fourth-order valence-electron chi connectivity index (χ4n) is 0.953. The molecule has 0 saturated carbocycles. The quantitative estimate of drug-likeness (QED) is 0.553. The number of rotatable bonds is 3. The summed E-state index contributed by atoms with van der Waals surface area (Å²) in [6.45, 7) is 5.49. The lowest BCUT2D eigenvalue weighted by Crippen LogP contribution is -2.12. The van der Waals surface area contributed by atoms with Crippen molar-refractivity contribution in [3.05, 3.63) is 36.7 Å². The summed E-state index contributed by atoms with van der Waals surface area (Å²) in [5, 5.41) is 2.94. The predicted molar refractivity (Wildman–Crippen MR) is 54.1 cm³/mol. The first-order chi connectivity index (χ1) is 6.13. The van der Waals surface area contributed by atoms with Gasteiger partial charge in [-0.1, -0.05) is 6.08 Å². The third kappa shape index (κ3) is 2.47. The lowest BCUT2D eigenvalue weighted by atomic mass is 10.2. The lowest BCUT2D eigenvalue weighted by molar-refractivity contribution is 0.630. The molecule has 1 unspecified atom stereocenters. The Morgan fingerprint density at radius 3 is 2.85 bits per heavy atom. The molecule has 1 rings (SSSR count). The number of hydrogen-bond acceptors (Lipinski definition) is 2. The van der Waals surface area contributed by atoms with E-state index in [2.05, 4.69) is 11.9 Å². The molecule has 3 N–H and O–H groups in total. The average Bonchev–Trinajstić information content (AvgIpc) is 2.09. The van der Waals surface area contributed by atoms with Crippen molar-refractivity contribution in [3.8, 4) is 0 Å². The van der Waals surface area contributed by atoms with E-state index in [-0.39, 0.29) is 11.9 Å². The number of anilines is 2. The number of halogens is 1. The minimum absolute atomic E-state index is 0.0399. The van der Waals surface area contributed by atoms with Gasteiger partial charge in [0.2, 0.25) is 0 Å². The summed E-state index contributed by atoms with van der Waals surface area (Å²) in [4.78, 5) is 0. The van der Waals surface area contributed by atoms with Gasteiger partial charge in [-0.25, -0.2) is 4.39 Å². The third-order valence-electron chi connectivity index (χ3n) is 1.73. The van der Waals surface area contributed by atoms with E-state index in [1.54, 1.807) is 18.2 Å². The van der Waals surface area contributed by atoms with E-state index in [0.29, 0.717) is 11.4 Å². The molecule has 0 fully saturated rings. The molecule has 2 nitrogen and oxygen atoms in total. The van der Waals surface area contributed by atoms with Crippen molar-refractivity contribution >= 4 is 11.4 Å². The molecule has 0 spiro atoms. The van der Waals surface area contributed by atoms with Crippen molar-refractivity contribution in [3.63, 3.8) is 0 Å². The van der Waals surface area contributed by atoms with Crippen molar-refractivity contribution < 1.29 is 4.39 Å². The van der Waals surface area contributed by atoms with Gasteiger partial charge in [-0.05, 0) is 25.1 Å². The van der Waals surface area contributed by atoms with Gasteiger partial charge in [-0.2, -0.15) is 0 Å². The van der Waals surface area contributed by atoms with Crippen LogP contribution in [0.3, 0.4) is 0 Å². The van der Waals surface area contributed by atoms with E-state index < -0.39 is 0 Å². The molecule has 1 aromatic rings. The molecule has 0 radical (unpaired) electrons. The average molecular weight is 180 g/mol. The minimum Gasteiger partial charge on any atom is -0.399 e. The fraction of sp³-hybridized carbons (Fsp3) is 0.200. The van der Waals surface area contributed by atoms with Crippen LogP contribution >= 0.6 is 0 Å². The van der Waals surface area contributed by atoms with Crippen molar-refractivity contribution in [2.24, 2.45) is 0 Å². The molecule has 0 aliphatic rings. The van der Waals surface area contributed by atoms with Gasteiger partial charge in [0.1, 0.15) is 5.82 Å². The largest absolute Gasteiger partial charge is 0.399 e. The Labute approximate surface area is 77.3 Å². The zero-order valence-electron chi connectivity index (χ0n) is 7.55. The minimum atomic E-state index is -0.339. The van der Waals surface area contributed by atoms with Gasteiger partial charge in [-0.15, -0.1) is 6.58 Å². The normalized spacial score (nSPS) is 12.2. The maximum Gasteiger partial charge on any atom is 0.148 e. The molecular weight excluding hydrogens is 167 g/mol. The Kier molecular flexibility index (Phi) is 2.90. The second-order valence-electron chi connectivity index (χ2n) is 2.91. The summed E-state index contributed by atoms with van der Waals surface area (Å²) in [6, 6.07) is 4.60. The van der Waals surface area contributed by atoms with Gasteiger partial charge >= 0.3 is 0 Å². The van der Waals surface area contributed by atoms with Crippen LogP contribution in [0.2, 0.25) is 0 Å². The third-order valence-corrected chi connectivity index (χ3v) is 1.73. The maximum atomic E-state index is 13.2. The molecule has 13 heavy (non-hydrogen) atoms. The van der Waals surface area contributed by atoms with E-state index in [4.69, 9.17) is 5.73 Å². The number of nitrogen functional groups attached to an aromatic ring is 1. The summed E-state index contributed by atoms with van der Waals surface area (Å²) in [5.74, 6) is -0.339. The second-order valence-corrected chi connectivity index (χ2v) is 2.91. The van der Waals surface area contributed by atoms with E-state index in [1.165, 1.54) is 6.07 Å². The molecule has 70 valence electrons. The van der Waals surface area contributed by atoms with Crippen molar-refractivity contribution in [2.45, 2.75) is 13.0 Å². The van der Waals surface area contributed by atoms with Crippen LogP contribution < -0.4 is 11.1 Å². The maximum absolute atomic E-state index is 13.2. The zero-order valence-corrected chi connectivity index (χ0v) is 7.55. The highest BCUT2D eigenvalue weighted by Gasteiger charge is 2.03. The van der Waals surface area contributed by atoms with Gasteiger partial charge in [0.15, 0.2) is 0 Å². The molecule has 0 amide bonds. The van der Waals surface area contributed by atoms with Gasteiger partial charge in [0.25, 0.3) is 0 Å². The molecule has 0 aromatic heterocycles. The summed E-state index contributed by atoms with van der Waals surface area (Å²) in [5.41, 5.74) is 6.27. The summed E-state index contributed by atoms with van der Waals surface area (Å²) in [6.07, 6.45) is 1.70. The molecule has 0 heterocycles. The Hall–Kier alpha value is -1.51. The lowest BCUT2D eigenvalue weighted by Gasteiger charge is -2.11. The van der Waals surface area contributed by atoms with Crippen molar-refractivity contribution in [1.82, 2.24) is 0 Å². The van der Waals surface area contributed by atoms with Gasteiger partial charge in [0.05, 0.1) is 5.69 Å². The fourth-order valence-corrected chi connectivity index (χ4v) is 0.953. The monoisotopic (exact) mass is 180 g/mol. The Morgan fingerprint density at radius 1 is 1.62 bits per heavy atom. The van der Waals surface area contributed by atoms with Crippen LogP contribution in [0.25, 0.3) is 0 Å². The summed E-state index contributed by atoms with van der Waals surface area (Å²) in [7, 11) is 0. The van der Waals surface area contributed by atoms with Crippen LogP contribution in [0.4, 0.5) is 15.8 Å². The van der Waals surface area contributed by atoms with Crippen LogP contribution in [0.1, 0.15) is 6.92 Å². The molecule has 0 bridgehead atoms. The molecule has 0 aliphatic carbocycles. The molecule has 0 aliphatic heterocycles. The molecular formula is C10H13FN2. The Morgan fingerprint density at radius 2 is 2.31 bits per heavy atom. The molecule has 1 aromatic carbocycles. The van der Waals surface area contributed by atoms with Crippen molar-refractivity contribution in [1.29, 1.82) is 0 Å². The molecule has 0 saturated heterocycles. The number of nitrogens with two attached hydrogens (primary N) is 1. The Bertz CT molecular complexity index is 310.